The Morgan fingerprint density at radius 2 is 2.19 bits per heavy atom. The van der Waals surface area contributed by atoms with E-state index in [1.807, 2.05) is 26.2 Å². The lowest BCUT2D eigenvalue weighted by molar-refractivity contribution is 0.768. The third kappa shape index (κ3) is 1.92. The van der Waals surface area contributed by atoms with Crippen molar-refractivity contribution < 1.29 is 0 Å². The zero-order valence-corrected chi connectivity index (χ0v) is 10.7. The van der Waals surface area contributed by atoms with Gasteiger partial charge in [0.05, 0.1) is 10.2 Å². The highest BCUT2D eigenvalue weighted by Gasteiger charge is 2.11. The van der Waals surface area contributed by atoms with E-state index in [0.29, 0.717) is 11.6 Å². The average Bonchev–Trinajstić information content (AvgIpc) is 2.69. The molecule has 0 amide bonds. The van der Waals surface area contributed by atoms with Crippen LogP contribution in [0.2, 0.25) is 0 Å². The van der Waals surface area contributed by atoms with Crippen LogP contribution in [0, 0.1) is 0 Å². The summed E-state index contributed by atoms with van der Waals surface area (Å²) in [4.78, 5) is 8.63. The van der Waals surface area contributed by atoms with Gasteiger partial charge in [-0.25, -0.2) is 9.97 Å². The number of hydrogen-bond acceptors (Lipinski definition) is 4. The summed E-state index contributed by atoms with van der Waals surface area (Å²) in [5, 5.41) is 4.25. The van der Waals surface area contributed by atoms with Gasteiger partial charge < -0.3 is 5.73 Å². The zero-order chi connectivity index (χ0) is 11.7. The van der Waals surface area contributed by atoms with Crippen molar-refractivity contribution in [3.05, 3.63) is 22.4 Å². The van der Waals surface area contributed by atoms with Crippen LogP contribution in [0.4, 0.5) is 5.82 Å². The number of nitrogen functional groups attached to an aromatic ring is 1. The van der Waals surface area contributed by atoms with E-state index in [0.717, 1.165) is 22.3 Å². The third-order valence-corrected chi connectivity index (χ3v) is 3.09. The van der Waals surface area contributed by atoms with Gasteiger partial charge in [0, 0.05) is 13.2 Å². The van der Waals surface area contributed by atoms with Gasteiger partial charge in [0.15, 0.2) is 5.82 Å². The number of nitrogens with zero attached hydrogens (tertiary/aromatic N) is 4. The molecule has 2 N–H and O–H groups in total. The highest BCUT2D eigenvalue weighted by Crippen LogP contribution is 2.24. The second-order valence-electron chi connectivity index (χ2n) is 3.42. The van der Waals surface area contributed by atoms with E-state index < -0.39 is 0 Å². The van der Waals surface area contributed by atoms with E-state index >= 15 is 0 Å². The van der Waals surface area contributed by atoms with Crippen LogP contribution in [0.3, 0.4) is 0 Å². The number of rotatable bonds is 2. The van der Waals surface area contributed by atoms with Crippen LogP contribution in [-0.4, -0.2) is 19.7 Å². The fourth-order valence-electron chi connectivity index (χ4n) is 1.40. The highest BCUT2D eigenvalue weighted by atomic mass is 79.9. The maximum Gasteiger partial charge on any atom is 0.182 e. The Bertz CT molecular complexity index is 520. The molecule has 2 heterocycles. The van der Waals surface area contributed by atoms with Crippen molar-refractivity contribution in [3.63, 3.8) is 0 Å². The van der Waals surface area contributed by atoms with Crippen LogP contribution in [0.5, 0.6) is 0 Å². The SMILES string of the molecule is CCc1nc(-c2ccn(C)n2)nc(N)c1Br. The Balaban J connectivity index is 2.54. The van der Waals surface area contributed by atoms with Crippen molar-refractivity contribution >= 4 is 21.7 Å². The molecule has 2 aromatic heterocycles. The van der Waals surface area contributed by atoms with Crippen LogP contribution >= 0.6 is 15.9 Å². The Hall–Kier alpha value is -1.43. The van der Waals surface area contributed by atoms with Gasteiger partial charge >= 0.3 is 0 Å². The average molecular weight is 282 g/mol. The van der Waals surface area contributed by atoms with Gasteiger partial charge in [0.25, 0.3) is 0 Å². The van der Waals surface area contributed by atoms with Crippen molar-refractivity contribution in [1.29, 1.82) is 0 Å². The highest BCUT2D eigenvalue weighted by molar-refractivity contribution is 9.10. The minimum absolute atomic E-state index is 0.451. The van der Waals surface area contributed by atoms with Crippen LogP contribution in [0.15, 0.2) is 16.7 Å². The molecule has 0 unspecified atom stereocenters. The summed E-state index contributed by atoms with van der Waals surface area (Å²) >= 11 is 3.38. The molecule has 0 aromatic carbocycles. The van der Waals surface area contributed by atoms with Crippen LogP contribution < -0.4 is 5.73 Å². The maximum absolute atomic E-state index is 5.81. The first-order valence-corrected chi connectivity index (χ1v) is 5.73. The molecule has 0 bridgehead atoms. The van der Waals surface area contributed by atoms with Crippen molar-refractivity contribution in [1.82, 2.24) is 19.7 Å². The summed E-state index contributed by atoms with van der Waals surface area (Å²) in [7, 11) is 1.85. The topological polar surface area (TPSA) is 69.6 Å². The molecular formula is C10H12BrN5. The normalized spacial score (nSPS) is 10.7. The molecule has 0 spiro atoms. The second kappa shape index (κ2) is 4.21. The van der Waals surface area contributed by atoms with Gasteiger partial charge in [0.1, 0.15) is 11.5 Å². The van der Waals surface area contributed by atoms with Crippen LogP contribution in [0.1, 0.15) is 12.6 Å². The largest absolute Gasteiger partial charge is 0.383 e. The van der Waals surface area contributed by atoms with Crippen molar-refractivity contribution in [2.75, 3.05) is 5.73 Å². The summed E-state index contributed by atoms with van der Waals surface area (Å²) in [6.07, 6.45) is 2.65. The first-order valence-electron chi connectivity index (χ1n) is 4.93. The fourth-order valence-corrected chi connectivity index (χ4v) is 1.85. The molecule has 0 saturated heterocycles. The summed E-state index contributed by atoms with van der Waals surface area (Å²) in [5.74, 6) is 1.02. The smallest absolute Gasteiger partial charge is 0.182 e. The molecule has 0 aliphatic rings. The number of anilines is 1. The molecule has 0 fully saturated rings. The maximum atomic E-state index is 5.81. The number of aryl methyl sites for hydroxylation is 2. The van der Waals surface area contributed by atoms with E-state index in [9.17, 15) is 0 Å². The van der Waals surface area contributed by atoms with E-state index in [2.05, 4.69) is 31.0 Å². The van der Waals surface area contributed by atoms with Gasteiger partial charge in [-0.2, -0.15) is 5.10 Å². The van der Waals surface area contributed by atoms with Gasteiger partial charge in [-0.15, -0.1) is 0 Å². The Morgan fingerprint density at radius 1 is 1.44 bits per heavy atom. The van der Waals surface area contributed by atoms with E-state index in [-0.39, 0.29) is 0 Å². The Morgan fingerprint density at radius 3 is 2.75 bits per heavy atom. The van der Waals surface area contributed by atoms with Crippen LogP contribution in [-0.2, 0) is 13.5 Å². The molecule has 2 rings (SSSR count). The molecule has 84 valence electrons. The minimum Gasteiger partial charge on any atom is -0.383 e. The van der Waals surface area contributed by atoms with Crippen molar-refractivity contribution in [2.24, 2.45) is 7.05 Å². The number of halogens is 1. The fraction of sp³-hybridized carbons (Fsp3) is 0.300. The molecule has 5 nitrogen and oxygen atoms in total. The number of aromatic nitrogens is 4. The predicted octanol–water partition coefficient (Wildman–Crippen LogP) is 1.78. The lowest BCUT2D eigenvalue weighted by Gasteiger charge is -2.05. The van der Waals surface area contributed by atoms with Gasteiger partial charge in [0.2, 0.25) is 0 Å². The predicted molar refractivity (Wildman–Crippen MR) is 65.7 cm³/mol. The lowest BCUT2D eigenvalue weighted by Crippen LogP contribution is -2.02. The van der Waals surface area contributed by atoms with Gasteiger partial charge in [-0.05, 0) is 28.4 Å². The molecule has 2 aromatic rings. The first-order chi connectivity index (χ1) is 7.61. The van der Waals surface area contributed by atoms with Gasteiger partial charge in [-0.3, -0.25) is 4.68 Å². The molecular weight excluding hydrogens is 270 g/mol. The molecule has 16 heavy (non-hydrogen) atoms. The number of hydrogen-bond donors (Lipinski definition) is 1. The monoisotopic (exact) mass is 281 g/mol. The standard InChI is InChI=1S/C10H12BrN5/c1-3-6-8(11)9(12)14-10(13-6)7-4-5-16(2)15-7/h4-5H,3H2,1-2H3,(H2,12,13,14). The van der Waals surface area contributed by atoms with E-state index in [1.54, 1.807) is 4.68 Å². The molecule has 0 atom stereocenters. The molecule has 0 aliphatic heterocycles. The van der Waals surface area contributed by atoms with E-state index in [4.69, 9.17) is 5.73 Å². The first kappa shape index (κ1) is 11.1. The molecule has 0 aliphatic carbocycles. The molecule has 6 heteroatoms. The summed E-state index contributed by atoms with van der Waals surface area (Å²) in [6.45, 7) is 2.02. The van der Waals surface area contributed by atoms with Crippen molar-refractivity contribution in [2.45, 2.75) is 13.3 Å². The van der Waals surface area contributed by atoms with Crippen LogP contribution in [0.25, 0.3) is 11.5 Å². The second-order valence-corrected chi connectivity index (χ2v) is 4.21. The summed E-state index contributed by atoms with van der Waals surface area (Å²) in [5.41, 5.74) is 7.44. The molecule has 0 radical (unpaired) electrons. The van der Waals surface area contributed by atoms with Gasteiger partial charge in [-0.1, -0.05) is 6.92 Å². The summed E-state index contributed by atoms with van der Waals surface area (Å²) in [6, 6.07) is 1.86. The quantitative estimate of drug-likeness (QED) is 0.911. The minimum atomic E-state index is 0.451. The summed E-state index contributed by atoms with van der Waals surface area (Å²) < 4.78 is 2.48. The Labute approximate surface area is 102 Å². The Kier molecular flexibility index (Phi) is 2.91. The lowest BCUT2D eigenvalue weighted by atomic mass is 10.3. The number of nitrogens with two attached hydrogens (primary N) is 1. The molecule has 0 saturated carbocycles. The van der Waals surface area contributed by atoms with Crippen molar-refractivity contribution in [3.8, 4) is 11.5 Å². The third-order valence-electron chi connectivity index (χ3n) is 2.22. The zero-order valence-electron chi connectivity index (χ0n) is 9.11. The van der Waals surface area contributed by atoms with E-state index in [1.165, 1.54) is 0 Å².